The second-order valence-electron chi connectivity index (χ2n) is 5.74. The van der Waals surface area contributed by atoms with E-state index < -0.39 is 0 Å². The molecule has 0 atom stereocenters. The number of hydrogen-bond donors (Lipinski definition) is 1. The van der Waals surface area contributed by atoms with Gasteiger partial charge < -0.3 is 9.88 Å². The summed E-state index contributed by atoms with van der Waals surface area (Å²) in [5.74, 6) is -0.0904. The van der Waals surface area contributed by atoms with Crippen LogP contribution in [0.5, 0.6) is 0 Å². The molecule has 2 aromatic heterocycles. The van der Waals surface area contributed by atoms with Crippen molar-refractivity contribution in [3.05, 3.63) is 63.3 Å². The average molecular weight is 299 g/mol. The molecular weight excluding hydrogens is 278 g/mol. The predicted octanol–water partition coefficient (Wildman–Crippen LogP) is 2.47. The van der Waals surface area contributed by atoms with Crippen molar-refractivity contribution >= 4 is 5.91 Å². The summed E-state index contributed by atoms with van der Waals surface area (Å²) in [4.78, 5) is 33.1. The molecule has 0 aliphatic rings. The van der Waals surface area contributed by atoms with Crippen LogP contribution in [-0.2, 0) is 6.54 Å². The molecule has 2 rings (SSSR count). The summed E-state index contributed by atoms with van der Waals surface area (Å²) in [7, 11) is 1.67. The minimum Gasteiger partial charge on any atom is -0.336 e. The van der Waals surface area contributed by atoms with Crippen molar-refractivity contribution in [2.75, 3.05) is 7.05 Å². The van der Waals surface area contributed by atoms with E-state index in [0.717, 1.165) is 17.0 Å². The average Bonchev–Trinajstić information content (AvgIpc) is 2.48. The van der Waals surface area contributed by atoms with Gasteiger partial charge in [-0.2, -0.15) is 0 Å². The number of nitrogens with zero attached hydrogens (tertiary/aromatic N) is 2. The summed E-state index contributed by atoms with van der Waals surface area (Å²) in [5, 5.41) is 0. The van der Waals surface area contributed by atoms with Crippen LogP contribution in [0, 0.1) is 6.92 Å². The maximum absolute atomic E-state index is 12.4. The standard InChI is InChI=1S/C17H21N3O2/c1-11(2)14-8-7-13(16(21)19-14)17(22)20(4)10-15-12(3)6-5-9-18-15/h5-9,11H,10H2,1-4H3,(H,19,21). The molecule has 0 saturated carbocycles. The molecule has 1 N–H and O–H groups in total. The minimum absolute atomic E-state index is 0.153. The first-order valence-electron chi connectivity index (χ1n) is 7.29. The van der Waals surface area contributed by atoms with Gasteiger partial charge in [0.15, 0.2) is 0 Å². The quantitative estimate of drug-likeness (QED) is 0.943. The highest BCUT2D eigenvalue weighted by atomic mass is 16.2. The Kier molecular flexibility index (Phi) is 4.75. The smallest absolute Gasteiger partial charge is 0.261 e. The number of nitrogens with one attached hydrogen (secondary N) is 1. The van der Waals surface area contributed by atoms with Crippen molar-refractivity contribution in [2.45, 2.75) is 33.2 Å². The summed E-state index contributed by atoms with van der Waals surface area (Å²) < 4.78 is 0. The Morgan fingerprint density at radius 2 is 2.05 bits per heavy atom. The van der Waals surface area contributed by atoms with Crippen LogP contribution < -0.4 is 5.56 Å². The highest BCUT2D eigenvalue weighted by Gasteiger charge is 2.17. The van der Waals surface area contributed by atoms with Gasteiger partial charge in [0.25, 0.3) is 11.5 Å². The van der Waals surface area contributed by atoms with Crippen LogP contribution in [-0.4, -0.2) is 27.8 Å². The van der Waals surface area contributed by atoms with E-state index in [9.17, 15) is 9.59 Å². The molecule has 116 valence electrons. The first-order chi connectivity index (χ1) is 10.4. The first-order valence-corrected chi connectivity index (χ1v) is 7.29. The number of rotatable bonds is 4. The number of amides is 1. The van der Waals surface area contributed by atoms with E-state index in [1.54, 1.807) is 25.4 Å². The van der Waals surface area contributed by atoms with Crippen LogP contribution >= 0.6 is 0 Å². The zero-order valence-electron chi connectivity index (χ0n) is 13.4. The molecule has 0 spiro atoms. The molecule has 2 heterocycles. The fourth-order valence-corrected chi connectivity index (χ4v) is 2.18. The third-order valence-corrected chi connectivity index (χ3v) is 3.64. The minimum atomic E-state index is -0.346. The van der Waals surface area contributed by atoms with E-state index in [1.165, 1.54) is 4.90 Å². The largest absolute Gasteiger partial charge is 0.336 e. The molecule has 0 bridgehead atoms. The SMILES string of the molecule is Cc1cccnc1CN(C)C(=O)c1ccc(C(C)C)[nH]c1=O. The summed E-state index contributed by atoms with van der Waals surface area (Å²) in [5.41, 5.74) is 2.48. The van der Waals surface area contributed by atoms with Crippen LogP contribution in [0.15, 0.2) is 35.3 Å². The van der Waals surface area contributed by atoms with Crippen molar-refractivity contribution in [2.24, 2.45) is 0 Å². The Bertz CT molecular complexity index is 735. The molecule has 2 aromatic rings. The van der Waals surface area contributed by atoms with Crippen molar-refractivity contribution in [3.8, 4) is 0 Å². The Balaban J connectivity index is 2.21. The molecule has 0 radical (unpaired) electrons. The van der Waals surface area contributed by atoms with Crippen LogP contribution in [0.25, 0.3) is 0 Å². The summed E-state index contributed by atoms with van der Waals surface area (Å²) >= 11 is 0. The third kappa shape index (κ3) is 3.42. The number of aryl methyl sites for hydroxylation is 1. The van der Waals surface area contributed by atoms with Gasteiger partial charge in [-0.3, -0.25) is 14.6 Å². The normalized spacial score (nSPS) is 10.8. The van der Waals surface area contributed by atoms with Crippen LogP contribution in [0.3, 0.4) is 0 Å². The number of aromatic nitrogens is 2. The van der Waals surface area contributed by atoms with Gasteiger partial charge in [-0.05, 0) is 36.6 Å². The zero-order valence-corrected chi connectivity index (χ0v) is 13.4. The summed E-state index contributed by atoms with van der Waals surface area (Å²) in [6, 6.07) is 7.19. The predicted molar refractivity (Wildman–Crippen MR) is 85.9 cm³/mol. The van der Waals surface area contributed by atoms with Crippen molar-refractivity contribution < 1.29 is 4.79 Å². The second-order valence-corrected chi connectivity index (χ2v) is 5.74. The Hall–Kier alpha value is -2.43. The van der Waals surface area contributed by atoms with E-state index in [2.05, 4.69) is 9.97 Å². The van der Waals surface area contributed by atoms with E-state index in [0.29, 0.717) is 6.54 Å². The van der Waals surface area contributed by atoms with E-state index in [-0.39, 0.29) is 22.9 Å². The summed E-state index contributed by atoms with van der Waals surface area (Å²) in [6.45, 7) is 6.30. The topological polar surface area (TPSA) is 66.1 Å². The van der Waals surface area contributed by atoms with E-state index in [4.69, 9.17) is 0 Å². The molecule has 0 aromatic carbocycles. The van der Waals surface area contributed by atoms with Gasteiger partial charge in [-0.15, -0.1) is 0 Å². The maximum atomic E-state index is 12.4. The van der Waals surface area contributed by atoms with Crippen LogP contribution in [0.2, 0.25) is 0 Å². The van der Waals surface area contributed by atoms with Gasteiger partial charge in [0.1, 0.15) is 5.56 Å². The number of H-pyrrole nitrogens is 1. The number of aromatic amines is 1. The third-order valence-electron chi connectivity index (χ3n) is 3.64. The zero-order chi connectivity index (χ0) is 16.3. The lowest BCUT2D eigenvalue weighted by Gasteiger charge is -2.17. The molecule has 0 aliphatic heterocycles. The van der Waals surface area contributed by atoms with Gasteiger partial charge in [0.05, 0.1) is 12.2 Å². The number of hydrogen-bond acceptors (Lipinski definition) is 3. The van der Waals surface area contributed by atoms with Gasteiger partial charge in [-0.25, -0.2) is 0 Å². The van der Waals surface area contributed by atoms with Crippen molar-refractivity contribution in [1.82, 2.24) is 14.9 Å². The first kappa shape index (κ1) is 15.9. The molecule has 0 fully saturated rings. The fraction of sp³-hybridized carbons (Fsp3) is 0.353. The van der Waals surface area contributed by atoms with E-state index in [1.807, 2.05) is 32.9 Å². The van der Waals surface area contributed by atoms with E-state index >= 15 is 0 Å². The molecule has 22 heavy (non-hydrogen) atoms. The molecule has 0 saturated heterocycles. The van der Waals surface area contributed by atoms with Crippen LogP contribution in [0.4, 0.5) is 0 Å². The fourth-order valence-electron chi connectivity index (χ4n) is 2.18. The maximum Gasteiger partial charge on any atom is 0.261 e. The molecule has 5 nitrogen and oxygen atoms in total. The summed E-state index contributed by atoms with van der Waals surface area (Å²) in [6.07, 6.45) is 1.70. The van der Waals surface area contributed by atoms with Crippen molar-refractivity contribution in [1.29, 1.82) is 0 Å². The molecule has 5 heteroatoms. The van der Waals surface area contributed by atoms with Gasteiger partial charge in [-0.1, -0.05) is 19.9 Å². The molecular formula is C17H21N3O2. The number of carbonyl (C=O) groups excluding carboxylic acids is 1. The lowest BCUT2D eigenvalue weighted by atomic mass is 10.1. The molecule has 0 aliphatic carbocycles. The Morgan fingerprint density at radius 3 is 2.64 bits per heavy atom. The second kappa shape index (κ2) is 6.56. The van der Waals surface area contributed by atoms with Gasteiger partial charge >= 0.3 is 0 Å². The number of carbonyl (C=O) groups is 1. The molecule has 0 unspecified atom stereocenters. The number of pyridine rings is 2. The Morgan fingerprint density at radius 1 is 1.32 bits per heavy atom. The van der Waals surface area contributed by atoms with Crippen LogP contribution in [0.1, 0.15) is 47.1 Å². The lowest BCUT2D eigenvalue weighted by Crippen LogP contribution is -2.32. The molecule has 1 amide bonds. The highest BCUT2D eigenvalue weighted by Crippen LogP contribution is 2.11. The lowest BCUT2D eigenvalue weighted by molar-refractivity contribution is 0.0781. The van der Waals surface area contributed by atoms with Crippen molar-refractivity contribution in [3.63, 3.8) is 0 Å². The Labute approximate surface area is 130 Å². The highest BCUT2D eigenvalue weighted by molar-refractivity contribution is 5.93. The monoisotopic (exact) mass is 299 g/mol. The van der Waals surface area contributed by atoms with Gasteiger partial charge in [0.2, 0.25) is 0 Å². The van der Waals surface area contributed by atoms with Gasteiger partial charge in [0, 0.05) is 18.9 Å².